The van der Waals surface area contributed by atoms with E-state index in [1.54, 1.807) is 0 Å². The lowest BCUT2D eigenvalue weighted by molar-refractivity contribution is 0.196. The minimum Gasteiger partial charge on any atom is -0.335 e. The molecule has 2 aromatic heterocycles. The standard InChI is InChI=1S/C21H32N4S/c1-2-25-14-10-22-21(25)18-7-6-13-24(15-18)17-20-9-8-19(26-20)16-23-11-4-3-5-12-23/h8-10,14,18H,2-7,11-13,15-17H2,1H3. The number of nitrogens with zero attached hydrogens (tertiary/aromatic N) is 4. The van der Waals surface area contributed by atoms with Crippen molar-refractivity contribution in [3.05, 3.63) is 40.1 Å². The van der Waals surface area contributed by atoms with E-state index in [0.29, 0.717) is 5.92 Å². The normalized spacial score (nSPS) is 22.7. The number of aryl methyl sites for hydroxylation is 1. The first kappa shape index (κ1) is 18.2. The highest BCUT2D eigenvalue weighted by molar-refractivity contribution is 7.11. The van der Waals surface area contributed by atoms with Gasteiger partial charge in [-0.1, -0.05) is 6.42 Å². The van der Waals surface area contributed by atoms with Crippen molar-refractivity contribution in [1.29, 1.82) is 0 Å². The van der Waals surface area contributed by atoms with Crippen LogP contribution in [-0.4, -0.2) is 45.5 Å². The maximum absolute atomic E-state index is 4.65. The monoisotopic (exact) mass is 372 g/mol. The second-order valence-electron chi connectivity index (χ2n) is 7.85. The molecule has 0 radical (unpaired) electrons. The van der Waals surface area contributed by atoms with Crippen LogP contribution in [0.1, 0.15) is 60.5 Å². The van der Waals surface area contributed by atoms with Crippen LogP contribution in [0.2, 0.25) is 0 Å². The van der Waals surface area contributed by atoms with E-state index in [2.05, 4.69) is 44.6 Å². The summed E-state index contributed by atoms with van der Waals surface area (Å²) in [4.78, 5) is 13.0. The van der Waals surface area contributed by atoms with Crippen LogP contribution < -0.4 is 0 Å². The van der Waals surface area contributed by atoms with Crippen LogP contribution in [0, 0.1) is 0 Å². The molecule has 2 aliphatic rings. The van der Waals surface area contributed by atoms with Crippen molar-refractivity contribution in [2.75, 3.05) is 26.2 Å². The molecule has 0 amide bonds. The number of hydrogen-bond acceptors (Lipinski definition) is 4. The van der Waals surface area contributed by atoms with Gasteiger partial charge in [-0.3, -0.25) is 9.80 Å². The topological polar surface area (TPSA) is 24.3 Å². The van der Waals surface area contributed by atoms with Crippen molar-refractivity contribution in [1.82, 2.24) is 19.4 Å². The first-order valence-electron chi connectivity index (χ1n) is 10.3. The van der Waals surface area contributed by atoms with Gasteiger partial charge in [0, 0.05) is 54.2 Å². The molecule has 0 spiro atoms. The van der Waals surface area contributed by atoms with Gasteiger partial charge in [-0.15, -0.1) is 11.3 Å². The number of likely N-dealkylation sites (tertiary alicyclic amines) is 2. The van der Waals surface area contributed by atoms with Crippen molar-refractivity contribution in [2.45, 2.75) is 64.6 Å². The highest BCUT2D eigenvalue weighted by Crippen LogP contribution is 2.28. The van der Waals surface area contributed by atoms with Crippen LogP contribution in [0.25, 0.3) is 0 Å². The third kappa shape index (κ3) is 4.38. The summed E-state index contributed by atoms with van der Waals surface area (Å²) in [5.74, 6) is 1.88. The number of hydrogen-bond donors (Lipinski definition) is 0. The molecule has 0 bridgehead atoms. The van der Waals surface area contributed by atoms with Crippen molar-refractivity contribution < 1.29 is 0 Å². The third-order valence-electron chi connectivity index (χ3n) is 5.88. The van der Waals surface area contributed by atoms with Crippen molar-refractivity contribution >= 4 is 11.3 Å². The maximum atomic E-state index is 4.65. The largest absolute Gasteiger partial charge is 0.335 e. The van der Waals surface area contributed by atoms with E-state index in [9.17, 15) is 0 Å². The van der Waals surface area contributed by atoms with Gasteiger partial charge < -0.3 is 4.57 Å². The van der Waals surface area contributed by atoms with Crippen LogP contribution in [0.4, 0.5) is 0 Å². The molecule has 4 rings (SSSR count). The summed E-state index contributed by atoms with van der Waals surface area (Å²) in [5, 5.41) is 0. The zero-order chi connectivity index (χ0) is 17.8. The van der Waals surface area contributed by atoms with Gasteiger partial charge in [0.15, 0.2) is 0 Å². The molecule has 1 atom stereocenters. The van der Waals surface area contributed by atoms with E-state index in [1.807, 2.05) is 17.5 Å². The Morgan fingerprint density at radius 3 is 2.50 bits per heavy atom. The third-order valence-corrected chi connectivity index (χ3v) is 6.94. The molecule has 2 aliphatic heterocycles. The van der Waals surface area contributed by atoms with E-state index in [-0.39, 0.29) is 0 Å². The summed E-state index contributed by atoms with van der Waals surface area (Å²) >= 11 is 2.02. The molecule has 5 heteroatoms. The molecule has 2 aromatic rings. The Labute approximate surface area is 161 Å². The van der Waals surface area contributed by atoms with E-state index in [1.165, 1.54) is 67.3 Å². The number of imidazole rings is 1. The molecule has 4 nitrogen and oxygen atoms in total. The Hall–Kier alpha value is -1.17. The molecule has 1 unspecified atom stereocenters. The van der Waals surface area contributed by atoms with Gasteiger partial charge in [-0.05, 0) is 64.4 Å². The molecule has 0 N–H and O–H groups in total. The molecular formula is C21H32N4S. The lowest BCUT2D eigenvalue weighted by atomic mass is 9.97. The highest BCUT2D eigenvalue weighted by Gasteiger charge is 2.24. The molecule has 0 saturated carbocycles. The van der Waals surface area contributed by atoms with Crippen molar-refractivity contribution in [3.8, 4) is 0 Å². The van der Waals surface area contributed by atoms with Gasteiger partial charge in [0.05, 0.1) is 0 Å². The average Bonchev–Trinajstić information content (AvgIpc) is 3.32. The Balaban J connectivity index is 1.33. The molecule has 0 aliphatic carbocycles. The number of piperidine rings is 2. The minimum atomic E-state index is 0.589. The maximum Gasteiger partial charge on any atom is 0.113 e. The summed E-state index contributed by atoms with van der Waals surface area (Å²) in [6.07, 6.45) is 10.8. The number of rotatable bonds is 6. The van der Waals surface area contributed by atoms with Gasteiger partial charge in [0.1, 0.15) is 5.82 Å². The summed E-state index contributed by atoms with van der Waals surface area (Å²) in [7, 11) is 0. The van der Waals surface area contributed by atoms with E-state index in [4.69, 9.17) is 0 Å². The zero-order valence-corrected chi connectivity index (χ0v) is 16.9. The number of thiophene rings is 1. The molecule has 4 heterocycles. The van der Waals surface area contributed by atoms with E-state index in [0.717, 1.165) is 26.2 Å². The summed E-state index contributed by atoms with van der Waals surface area (Å²) in [6.45, 7) is 10.4. The fraction of sp³-hybridized carbons (Fsp3) is 0.667. The number of aromatic nitrogens is 2. The van der Waals surface area contributed by atoms with Gasteiger partial charge in [-0.2, -0.15) is 0 Å². The Morgan fingerprint density at radius 1 is 1.00 bits per heavy atom. The van der Waals surface area contributed by atoms with Crippen LogP contribution in [0.3, 0.4) is 0 Å². The molecular weight excluding hydrogens is 340 g/mol. The molecule has 2 saturated heterocycles. The summed E-state index contributed by atoms with van der Waals surface area (Å²) in [6, 6.07) is 4.72. The fourth-order valence-electron chi connectivity index (χ4n) is 4.51. The predicted octanol–water partition coefficient (Wildman–Crippen LogP) is 4.33. The second-order valence-corrected chi connectivity index (χ2v) is 9.10. The molecule has 142 valence electrons. The van der Waals surface area contributed by atoms with Crippen LogP contribution in [-0.2, 0) is 19.6 Å². The van der Waals surface area contributed by atoms with Crippen molar-refractivity contribution in [2.24, 2.45) is 0 Å². The smallest absolute Gasteiger partial charge is 0.113 e. The molecule has 2 fully saturated rings. The van der Waals surface area contributed by atoms with Gasteiger partial charge >= 0.3 is 0 Å². The Morgan fingerprint density at radius 2 is 1.73 bits per heavy atom. The minimum absolute atomic E-state index is 0.589. The highest BCUT2D eigenvalue weighted by atomic mass is 32.1. The van der Waals surface area contributed by atoms with Crippen LogP contribution in [0.15, 0.2) is 24.5 Å². The zero-order valence-electron chi connectivity index (χ0n) is 16.1. The Bertz CT molecular complexity index is 686. The predicted molar refractivity (Wildman–Crippen MR) is 109 cm³/mol. The summed E-state index contributed by atoms with van der Waals surface area (Å²) in [5.41, 5.74) is 0. The van der Waals surface area contributed by atoms with E-state index >= 15 is 0 Å². The lowest BCUT2D eigenvalue weighted by Crippen LogP contribution is -2.34. The van der Waals surface area contributed by atoms with Gasteiger partial charge in [-0.25, -0.2) is 4.98 Å². The van der Waals surface area contributed by atoms with E-state index < -0.39 is 0 Å². The molecule has 0 aromatic carbocycles. The average molecular weight is 373 g/mol. The fourth-order valence-corrected chi connectivity index (χ4v) is 5.61. The molecule has 26 heavy (non-hydrogen) atoms. The van der Waals surface area contributed by atoms with Crippen LogP contribution in [0.5, 0.6) is 0 Å². The second kappa shape index (κ2) is 8.68. The summed E-state index contributed by atoms with van der Waals surface area (Å²) < 4.78 is 2.32. The lowest BCUT2D eigenvalue weighted by Gasteiger charge is -2.32. The van der Waals surface area contributed by atoms with Gasteiger partial charge in [0.2, 0.25) is 0 Å². The SMILES string of the molecule is CCn1ccnc1C1CCCN(Cc2ccc(CN3CCCCC3)s2)C1. The van der Waals surface area contributed by atoms with Crippen molar-refractivity contribution in [3.63, 3.8) is 0 Å². The first-order valence-corrected chi connectivity index (χ1v) is 11.2. The first-order chi connectivity index (χ1) is 12.8. The Kier molecular flexibility index (Phi) is 6.08. The van der Waals surface area contributed by atoms with Gasteiger partial charge in [0.25, 0.3) is 0 Å². The van der Waals surface area contributed by atoms with Crippen LogP contribution >= 0.6 is 11.3 Å². The quantitative estimate of drug-likeness (QED) is 0.754.